The molecule has 0 aliphatic carbocycles. The van der Waals surface area contributed by atoms with E-state index in [0.717, 1.165) is 33.1 Å². The average molecular weight is 705 g/mol. The van der Waals surface area contributed by atoms with Crippen LogP contribution in [0.2, 0.25) is 10.0 Å². The topological polar surface area (TPSA) is 97.7 Å². The molecule has 3 aromatic carbocycles. The number of halogens is 3. The van der Waals surface area contributed by atoms with E-state index in [1.807, 2.05) is 24.3 Å². The van der Waals surface area contributed by atoms with Gasteiger partial charge in [-0.3, -0.25) is 23.7 Å². The number of amides is 3. The third kappa shape index (κ3) is 5.17. The van der Waals surface area contributed by atoms with Gasteiger partial charge in [0.1, 0.15) is 17.5 Å². The third-order valence-corrected chi connectivity index (χ3v) is 11.0. The first-order chi connectivity index (χ1) is 20.2. The predicted octanol–water partition coefficient (Wildman–Crippen LogP) is 6.42. The Labute approximate surface area is 266 Å². The molecule has 2 aliphatic heterocycles. The van der Waals surface area contributed by atoms with E-state index in [-0.39, 0.29) is 28.3 Å². The summed E-state index contributed by atoms with van der Waals surface area (Å²) in [5.41, 5.74) is 1.66. The predicted molar refractivity (Wildman–Crippen MR) is 168 cm³/mol. The summed E-state index contributed by atoms with van der Waals surface area (Å²) < 4.78 is 7.45. The molecule has 3 atom stereocenters. The maximum absolute atomic E-state index is 14.0. The van der Waals surface area contributed by atoms with Crippen LogP contribution < -0.4 is 19.8 Å². The number of carbonyl (C=O) groups excluding carboxylic acids is 3. The maximum atomic E-state index is 14.0. The van der Waals surface area contributed by atoms with Crippen LogP contribution in [0.3, 0.4) is 0 Å². The highest BCUT2D eigenvalue weighted by molar-refractivity contribution is 9.10. The molecule has 6 rings (SSSR count). The fourth-order valence-corrected chi connectivity index (χ4v) is 8.52. The van der Waals surface area contributed by atoms with Crippen LogP contribution in [0.15, 0.2) is 81.0 Å². The van der Waals surface area contributed by atoms with Crippen LogP contribution in [0.4, 0.5) is 11.4 Å². The molecule has 3 heterocycles. The van der Waals surface area contributed by atoms with E-state index >= 15 is 0 Å². The minimum Gasteiger partial charge on any atom is -0.497 e. The highest BCUT2D eigenvalue weighted by Crippen LogP contribution is 2.54. The average Bonchev–Trinajstić information content (AvgIpc) is 3.41. The van der Waals surface area contributed by atoms with Crippen LogP contribution in [0.1, 0.15) is 16.4 Å². The first kappa shape index (κ1) is 29.0. The van der Waals surface area contributed by atoms with Crippen LogP contribution in [0.25, 0.3) is 0 Å². The summed E-state index contributed by atoms with van der Waals surface area (Å²) in [7, 11) is 1.54. The lowest BCUT2D eigenvalue weighted by molar-refractivity contribution is -0.122. The molecule has 1 fully saturated rings. The lowest BCUT2D eigenvalue weighted by Crippen LogP contribution is -2.33. The van der Waals surface area contributed by atoms with Crippen molar-refractivity contribution < 1.29 is 19.1 Å². The molecule has 1 N–H and O–H groups in total. The fourth-order valence-electron chi connectivity index (χ4n) is 5.19. The molecule has 13 heteroatoms. The number of methoxy groups -OCH3 is 1. The number of fused-ring (bicyclic) bond motifs is 2. The number of carbonyl (C=O) groups is 3. The monoisotopic (exact) mass is 703 g/mol. The first-order valence-electron chi connectivity index (χ1n) is 12.6. The molecule has 0 radical (unpaired) electrons. The second kappa shape index (κ2) is 11.5. The summed E-state index contributed by atoms with van der Waals surface area (Å²) in [5, 5.41) is 3.08. The molecule has 8 nitrogen and oxygen atoms in total. The van der Waals surface area contributed by atoms with Gasteiger partial charge in [-0.25, -0.2) is 4.90 Å². The van der Waals surface area contributed by atoms with Crippen molar-refractivity contribution in [2.24, 2.45) is 5.92 Å². The second-order valence-corrected chi connectivity index (χ2v) is 13.5. The Morgan fingerprint density at radius 2 is 1.69 bits per heavy atom. The van der Waals surface area contributed by atoms with E-state index in [4.69, 9.17) is 27.9 Å². The highest BCUT2D eigenvalue weighted by atomic mass is 79.9. The molecule has 4 aromatic rings. The number of thioether (sulfide) groups is 1. The molecule has 0 bridgehead atoms. The fraction of sp³-hybridized carbons (Fsp3) is 0.172. The first-order valence-corrected chi connectivity index (χ1v) is 15.8. The lowest BCUT2D eigenvalue weighted by Gasteiger charge is -2.30. The van der Waals surface area contributed by atoms with Crippen molar-refractivity contribution in [1.82, 2.24) is 4.57 Å². The third-order valence-electron chi connectivity index (χ3n) is 7.11. The number of hydrogen-bond acceptors (Lipinski definition) is 7. The number of nitrogens with one attached hydrogen (secondary N) is 1. The Morgan fingerprint density at radius 1 is 0.976 bits per heavy atom. The van der Waals surface area contributed by atoms with Crippen LogP contribution in [0, 0.1) is 5.92 Å². The van der Waals surface area contributed by atoms with Crippen LogP contribution in [0.5, 0.6) is 5.75 Å². The Bertz CT molecular complexity index is 1790. The van der Waals surface area contributed by atoms with Gasteiger partial charge in [0, 0.05) is 21.0 Å². The van der Waals surface area contributed by atoms with Crippen LogP contribution in [-0.4, -0.2) is 34.6 Å². The van der Waals surface area contributed by atoms with Gasteiger partial charge in [-0.05, 0) is 60.2 Å². The van der Waals surface area contributed by atoms with Crippen molar-refractivity contribution in [3.05, 3.63) is 101 Å². The van der Waals surface area contributed by atoms with E-state index in [1.165, 1.54) is 22.6 Å². The number of rotatable bonds is 6. The molecule has 1 saturated heterocycles. The molecule has 0 saturated carbocycles. The number of benzene rings is 3. The Hall–Kier alpha value is -3.09. The minimum absolute atomic E-state index is 0.282. The van der Waals surface area contributed by atoms with Gasteiger partial charge in [-0.1, -0.05) is 74.4 Å². The van der Waals surface area contributed by atoms with Gasteiger partial charge in [0.05, 0.1) is 33.8 Å². The van der Waals surface area contributed by atoms with Gasteiger partial charge in [-0.2, -0.15) is 0 Å². The van der Waals surface area contributed by atoms with E-state index in [0.29, 0.717) is 32.1 Å². The zero-order valence-corrected chi connectivity index (χ0v) is 26.4. The Kier molecular flexibility index (Phi) is 7.97. The maximum Gasteiger partial charge on any atom is 0.308 e. The van der Waals surface area contributed by atoms with Gasteiger partial charge >= 0.3 is 4.87 Å². The van der Waals surface area contributed by atoms with Gasteiger partial charge in [0.25, 0.3) is 0 Å². The van der Waals surface area contributed by atoms with Gasteiger partial charge in [0.15, 0.2) is 0 Å². The molecular formula is C29H20BrCl2N3O5S2. The van der Waals surface area contributed by atoms with E-state index < -0.39 is 23.0 Å². The molecule has 214 valence electrons. The summed E-state index contributed by atoms with van der Waals surface area (Å²) in [6, 6.07) is 18.9. The van der Waals surface area contributed by atoms with Crippen molar-refractivity contribution in [1.29, 1.82) is 0 Å². The van der Waals surface area contributed by atoms with Crippen molar-refractivity contribution in [3.63, 3.8) is 0 Å². The Balaban J connectivity index is 1.39. The summed E-state index contributed by atoms with van der Waals surface area (Å²) in [5.74, 6) is -1.87. The van der Waals surface area contributed by atoms with Crippen LogP contribution in [-0.2, 0) is 20.9 Å². The van der Waals surface area contributed by atoms with E-state index in [1.54, 1.807) is 36.4 Å². The van der Waals surface area contributed by atoms with E-state index in [9.17, 15) is 19.2 Å². The molecule has 3 amide bonds. The van der Waals surface area contributed by atoms with Crippen LogP contribution >= 0.6 is 62.2 Å². The number of aromatic nitrogens is 1. The van der Waals surface area contributed by atoms with Crippen molar-refractivity contribution in [2.45, 2.75) is 22.7 Å². The van der Waals surface area contributed by atoms with E-state index in [2.05, 4.69) is 21.2 Å². The molecule has 42 heavy (non-hydrogen) atoms. The molecular weight excluding hydrogens is 685 g/mol. The zero-order valence-electron chi connectivity index (χ0n) is 21.7. The summed E-state index contributed by atoms with van der Waals surface area (Å²) in [6.45, 7) is -0.285. The summed E-state index contributed by atoms with van der Waals surface area (Å²) >= 11 is 17.7. The number of thiazole rings is 1. The van der Waals surface area contributed by atoms with Crippen molar-refractivity contribution >= 4 is 91.3 Å². The van der Waals surface area contributed by atoms with Gasteiger partial charge in [-0.15, -0.1) is 0 Å². The van der Waals surface area contributed by atoms with Crippen molar-refractivity contribution in [2.75, 3.05) is 17.3 Å². The molecule has 0 spiro atoms. The number of ether oxygens (including phenoxy) is 1. The second-order valence-electron chi connectivity index (χ2n) is 9.60. The zero-order chi connectivity index (χ0) is 29.7. The van der Waals surface area contributed by atoms with Crippen molar-refractivity contribution in [3.8, 4) is 5.75 Å². The minimum atomic E-state index is -0.792. The normalized spacial score (nSPS) is 19.4. The summed E-state index contributed by atoms with van der Waals surface area (Å²) in [6.07, 6.45) is 0. The summed E-state index contributed by atoms with van der Waals surface area (Å²) in [4.78, 5) is 55.7. The van der Waals surface area contributed by atoms with Gasteiger partial charge in [0.2, 0.25) is 17.7 Å². The standard InChI is InChI=1S/C29H20BrCl2N3O5S2/c1-40-18-9-7-17(8-10-18)35-26(37)23-22(14-2-4-15(30)5-3-14)25-28(41-24(23)27(35)38)34(29(39)42-25)13-21(36)33-16-6-11-19(31)20(32)12-16/h2-12,22-24H,13H2,1H3,(H,33,36). The smallest absolute Gasteiger partial charge is 0.308 e. The lowest BCUT2D eigenvalue weighted by atomic mass is 9.83. The largest absolute Gasteiger partial charge is 0.497 e. The molecule has 3 unspecified atom stereocenters. The molecule has 1 aromatic heterocycles. The van der Waals surface area contributed by atoms with Gasteiger partial charge < -0.3 is 10.1 Å². The molecule has 2 aliphatic rings. The number of nitrogens with zero attached hydrogens (tertiary/aromatic N) is 2. The Morgan fingerprint density at radius 3 is 2.36 bits per heavy atom. The quantitative estimate of drug-likeness (QED) is 0.233. The highest BCUT2D eigenvalue weighted by Gasteiger charge is 2.56. The number of imide groups is 1. The SMILES string of the molecule is COc1ccc(N2C(=O)C3Sc4c(sc(=O)n4CC(=O)Nc4ccc(Cl)c(Cl)c4)C(c4ccc(Br)cc4)C3C2=O)cc1. The number of hydrogen-bond donors (Lipinski definition) is 1. The number of anilines is 2.